The molecule has 17 heavy (non-hydrogen) atoms. The van der Waals surface area contributed by atoms with Gasteiger partial charge in [-0.05, 0) is 13.3 Å². The molecule has 0 aliphatic rings. The van der Waals surface area contributed by atoms with Crippen molar-refractivity contribution in [3.05, 3.63) is 24.2 Å². The van der Waals surface area contributed by atoms with Crippen LogP contribution in [0.5, 0.6) is 0 Å². The number of rotatable bonds is 4. The third-order valence-electron chi connectivity index (χ3n) is 2.46. The third kappa shape index (κ3) is 2.61. The number of hydrogen-bond acceptors (Lipinski definition) is 4. The number of aryl methyl sites for hydroxylation is 2. The van der Waals surface area contributed by atoms with Crippen molar-refractivity contribution in [2.45, 2.75) is 20.3 Å². The zero-order chi connectivity index (χ0) is 12.3. The van der Waals surface area contributed by atoms with Gasteiger partial charge in [0.05, 0.1) is 11.8 Å². The van der Waals surface area contributed by atoms with E-state index in [9.17, 15) is 0 Å². The van der Waals surface area contributed by atoms with E-state index in [1.54, 1.807) is 10.9 Å². The van der Waals surface area contributed by atoms with Crippen molar-refractivity contribution >= 4 is 5.82 Å². The maximum Gasteiger partial charge on any atom is 0.164 e. The molecule has 2 aromatic rings. The van der Waals surface area contributed by atoms with Crippen molar-refractivity contribution in [1.29, 1.82) is 0 Å². The molecule has 0 saturated heterocycles. The molecule has 90 valence electrons. The van der Waals surface area contributed by atoms with Gasteiger partial charge in [0.1, 0.15) is 5.82 Å². The molecule has 0 atom stereocenters. The predicted molar refractivity (Wildman–Crippen MR) is 67.8 cm³/mol. The Bertz CT molecular complexity index is 503. The minimum Gasteiger partial charge on any atom is -0.370 e. The lowest BCUT2D eigenvalue weighted by atomic mass is 10.2. The average Bonchev–Trinajstić information content (AvgIpc) is 2.76. The van der Waals surface area contributed by atoms with Gasteiger partial charge in [-0.2, -0.15) is 5.10 Å². The molecular formula is C12H17N5. The molecule has 0 spiro atoms. The topological polar surface area (TPSA) is 55.6 Å². The highest BCUT2D eigenvalue weighted by Gasteiger charge is 2.07. The van der Waals surface area contributed by atoms with Crippen LogP contribution in [0.15, 0.2) is 18.5 Å². The maximum absolute atomic E-state index is 4.51. The highest BCUT2D eigenvalue weighted by Crippen LogP contribution is 2.17. The van der Waals surface area contributed by atoms with Crippen molar-refractivity contribution in [3.63, 3.8) is 0 Å². The summed E-state index contributed by atoms with van der Waals surface area (Å²) in [5, 5.41) is 7.36. The molecule has 0 amide bonds. The van der Waals surface area contributed by atoms with Crippen molar-refractivity contribution < 1.29 is 0 Å². The zero-order valence-corrected chi connectivity index (χ0v) is 10.4. The largest absolute Gasteiger partial charge is 0.370 e. The fourth-order valence-electron chi connectivity index (χ4n) is 1.62. The Morgan fingerprint density at radius 2 is 2.12 bits per heavy atom. The van der Waals surface area contributed by atoms with Crippen molar-refractivity contribution in [3.8, 4) is 11.4 Å². The molecule has 5 heteroatoms. The first-order valence-electron chi connectivity index (χ1n) is 5.83. The molecule has 1 N–H and O–H groups in total. The molecule has 2 rings (SSSR count). The van der Waals surface area contributed by atoms with E-state index in [0.29, 0.717) is 0 Å². The summed E-state index contributed by atoms with van der Waals surface area (Å²) in [6.07, 6.45) is 4.60. The Morgan fingerprint density at radius 3 is 2.71 bits per heavy atom. The van der Waals surface area contributed by atoms with Gasteiger partial charge in [-0.15, -0.1) is 0 Å². The minimum absolute atomic E-state index is 0.730. The second-order valence-electron chi connectivity index (χ2n) is 3.85. The van der Waals surface area contributed by atoms with Crippen molar-refractivity contribution in [2.24, 2.45) is 7.05 Å². The Kier molecular flexibility index (Phi) is 3.37. The second kappa shape index (κ2) is 4.95. The molecule has 0 saturated carbocycles. The number of hydrogen-bond donors (Lipinski definition) is 1. The zero-order valence-electron chi connectivity index (χ0n) is 10.4. The van der Waals surface area contributed by atoms with E-state index in [1.165, 1.54) is 0 Å². The summed E-state index contributed by atoms with van der Waals surface area (Å²) >= 11 is 0. The monoisotopic (exact) mass is 231 g/mol. The van der Waals surface area contributed by atoms with Crippen molar-refractivity contribution in [1.82, 2.24) is 19.7 Å². The van der Waals surface area contributed by atoms with Crippen molar-refractivity contribution in [2.75, 3.05) is 11.9 Å². The summed E-state index contributed by atoms with van der Waals surface area (Å²) in [5.74, 6) is 1.60. The number of aromatic nitrogens is 4. The normalized spacial score (nSPS) is 10.5. The van der Waals surface area contributed by atoms with E-state index >= 15 is 0 Å². The van der Waals surface area contributed by atoms with Gasteiger partial charge in [0.15, 0.2) is 5.82 Å². The van der Waals surface area contributed by atoms with E-state index in [1.807, 2.05) is 19.3 Å². The predicted octanol–water partition coefficient (Wildman–Crippen LogP) is 1.87. The SMILES string of the molecule is CCNc1cc(CC)nc(-c2cnn(C)c2)n1. The quantitative estimate of drug-likeness (QED) is 0.872. The lowest BCUT2D eigenvalue weighted by Gasteiger charge is -2.06. The van der Waals surface area contributed by atoms with Gasteiger partial charge in [-0.1, -0.05) is 6.92 Å². The van der Waals surface area contributed by atoms with Gasteiger partial charge in [0, 0.05) is 31.5 Å². The highest BCUT2D eigenvalue weighted by atomic mass is 15.2. The van der Waals surface area contributed by atoms with Crippen LogP contribution in [0.1, 0.15) is 19.5 Å². The maximum atomic E-state index is 4.51. The van der Waals surface area contributed by atoms with Gasteiger partial charge >= 0.3 is 0 Å². The van der Waals surface area contributed by atoms with Crippen LogP contribution in [0, 0.1) is 0 Å². The summed E-state index contributed by atoms with van der Waals surface area (Å²) < 4.78 is 1.75. The third-order valence-corrected chi connectivity index (χ3v) is 2.46. The summed E-state index contributed by atoms with van der Waals surface area (Å²) in [6.45, 7) is 5.00. The smallest absolute Gasteiger partial charge is 0.164 e. The number of nitrogens with one attached hydrogen (secondary N) is 1. The van der Waals surface area contributed by atoms with Crippen LogP contribution in [0.2, 0.25) is 0 Å². The Labute approximate surface area is 101 Å². The van der Waals surface area contributed by atoms with Crippen LogP contribution in [-0.2, 0) is 13.5 Å². The molecule has 0 aliphatic heterocycles. The fourth-order valence-corrected chi connectivity index (χ4v) is 1.62. The van der Waals surface area contributed by atoms with Crippen LogP contribution < -0.4 is 5.32 Å². The van der Waals surface area contributed by atoms with E-state index in [0.717, 1.165) is 35.9 Å². The summed E-state index contributed by atoms with van der Waals surface area (Å²) in [4.78, 5) is 8.99. The van der Waals surface area contributed by atoms with E-state index in [4.69, 9.17) is 0 Å². The molecule has 5 nitrogen and oxygen atoms in total. The minimum atomic E-state index is 0.730. The summed E-state index contributed by atoms with van der Waals surface area (Å²) in [5.41, 5.74) is 1.98. The molecule has 2 heterocycles. The second-order valence-corrected chi connectivity index (χ2v) is 3.85. The fraction of sp³-hybridized carbons (Fsp3) is 0.417. The molecule has 0 radical (unpaired) electrons. The molecule has 0 aromatic carbocycles. The first-order valence-corrected chi connectivity index (χ1v) is 5.83. The number of nitrogens with zero attached hydrogens (tertiary/aromatic N) is 4. The Morgan fingerprint density at radius 1 is 1.29 bits per heavy atom. The van der Waals surface area contributed by atoms with Gasteiger partial charge < -0.3 is 5.32 Å². The molecule has 0 fully saturated rings. The summed E-state index contributed by atoms with van der Waals surface area (Å²) in [6, 6.07) is 1.99. The standard InChI is InChI=1S/C12H17N5/c1-4-10-6-11(13-5-2)16-12(15-10)9-7-14-17(3)8-9/h6-8H,4-5H2,1-3H3,(H,13,15,16). The van der Waals surface area contributed by atoms with Gasteiger partial charge in [0.2, 0.25) is 0 Å². The highest BCUT2D eigenvalue weighted by molar-refractivity contribution is 5.55. The number of anilines is 1. The van der Waals surface area contributed by atoms with Crippen LogP contribution in [0.4, 0.5) is 5.82 Å². The van der Waals surface area contributed by atoms with Crippen LogP contribution in [-0.4, -0.2) is 26.3 Å². The summed E-state index contributed by atoms with van der Waals surface area (Å²) in [7, 11) is 1.89. The van der Waals surface area contributed by atoms with Gasteiger partial charge in [-0.3, -0.25) is 4.68 Å². The van der Waals surface area contributed by atoms with Crippen LogP contribution >= 0.6 is 0 Å². The lowest BCUT2D eigenvalue weighted by molar-refractivity contribution is 0.768. The molecule has 2 aromatic heterocycles. The average molecular weight is 231 g/mol. The van der Waals surface area contributed by atoms with Crippen LogP contribution in [0.25, 0.3) is 11.4 Å². The van der Waals surface area contributed by atoms with Gasteiger partial charge in [0.25, 0.3) is 0 Å². The molecule has 0 unspecified atom stereocenters. The van der Waals surface area contributed by atoms with E-state index in [-0.39, 0.29) is 0 Å². The van der Waals surface area contributed by atoms with Gasteiger partial charge in [-0.25, -0.2) is 9.97 Å². The first-order chi connectivity index (χ1) is 8.22. The molecule has 0 aliphatic carbocycles. The Hall–Kier alpha value is -1.91. The van der Waals surface area contributed by atoms with E-state index < -0.39 is 0 Å². The molecule has 0 bridgehead atoms. The molecular weight excluding hydrogens is 214 g/mol. The van der Waals surface area contributed by atoms with Crippen LogP contribution in [0.3, 0.4) is 0 Å². The Balaban J connectivity index is 2.42. The first kappa shape index (κ1) is 11.6. The van der Waals surface area contributed by atoms with E-state index in [2.05, 4.69) is 34.2 Å². The lowest BCUT2D eigenvalue weighted by Crippen LogP contribution is -2.03.